The number of para-hydroxylation sites is 2. The molecular formula is C17H15N2O3P. The molecule has 0 aliphatic carbocycles. The van der Waals surface area contributed by atoms with Gasteiger partial charge in [-0.1, -0.05) is 36.4 Å². The van der Waals surface area contributed by atoms with Crippen LogP contribution in [0.2, 0.25) is 0 Å². The molecule has 0 aromatic heterocycles. The molecule has 0 N–H and O–H groups in total. The van der Waals surface area contributed by atoms with Crippen LogP contribution in [0.5, 0.6) is 5.75 Å². The molecule has 2 aliphatic rings. The van der Waals surface area contributed by atoms with E-state index < -0.39 is 14.5 Å². The molecule has 2 aromatic rings. The predicted octanol–water partition coefficient (Wildman–Crippen LogP) is 3.33. The van der Waals surface area contributed by atoms with Gasteiger partial charge in [0.2, 0.25) is 5.91 Å². The molecule has 1 unspecified atom stereocenters. The summed E-state index contributed by atoms with van der Waals surface area (Å²) in [4.78, 5) is 25.1. The normalized spacial score (nSPS) is 23.3. The second kappa shape index (κ2) is 5.67. The fourth-order valence-corrected chi connectivity index (χ4v) is 4.94. The van der Waals surface area contributed by atoms with E-state index in [1.54, 1.807) is 9.34 Å². The topological polar surface area (TPSA) is 49.9 Å². The van der Waals surface area contributed by atoms with Crippen molar-refractivity contribution >= 4 is 26.0 Å². The maximum absolute atomic E-state index is 12.8. The summed E-state index contributed by atoms with van der Waals surface area (Å²) in [6, 6.07) is 18.3. The number of nitrogens with zero attached hydrogens (tertiary/aromatic N) is 2. The van der Waals surface area contributed by atoms with E-state index in [1.807, 2.05) is 60.7 Å². The number of hydrogen-bond donors (Lipinski definition) is 0. The molecule has 0 saturated carbocycles. The molecule has 2 aromatic carbocycles. The largest absolute Gasteiger partial charge is 0.436 e. The summed E-state index contributed by atoms with van der Waals surface area (Å²) in [5.41, 5.74) is 0.766. The van der Waals surface area contributed by atoms with Gasteiger partial charge in [-0.25, -0.2) is 4.67 Å². The lowest BCUT2D eigenvalue weighted by Gasteiger charge is -2.27. The molecule has 0 bridgehead atoms. The number of amides is 2. The molecule has 2 amide bonds. The van der Waals surface area contributed by atoms with Crippen molar-refractivity contribution in [2.75, 3.05) is 4.67 Å². The molecule has 2 heterocycles. The molecular weight excluding hydrogens is 311 g/mol. The van der Waals surface area contributed by atoms with Gasteiger partial charge in [-0.15, -0.1) is 0 Å². The smallest absolute Gasteiger partial charge is 0.320 e. The van der Waals surface area contributed by atoms with Crippen LogP contribution in [-0.4, -0.2) is 22.5 Å². The highest BCUT2D eigenvalue weighted by atomic mass is 31.2. The molecule has 6 heteroatoms. The van der Waals surface area contributed by atoms with Crippen LogP contribution in [0, 0.1) is 0 Å². The molecule has 0 spiro atoms. The van der Waals surface area contributed by atoms with Crippen molar-refractivity contribution in [2.45, 2.75) is 18.9 Å². The molecule has 2 fully saturated rings. The van der Waals surface area contributed by atoms with E-state index in [0.29, 0.717) is 18.6 Å². The van der Waals surface area contributed by atoms with Crippen LogP contribution in [0.4, 0.5) is 5.69 Å². The van der Waals surface area contributed by atoms with E-state index in [4.69, 9.17) is 4.52 Å². The van der Waals surface area contributed by atoms with Crippen molar-refractivity contribution in [3.63, 3.8) is 0 Å². The summed E-state index contributed by atoms with van der Waals surface area (Å²) in [6.45, 7) is 0. The SMILES string of the molecule is O=C1[C@@H]2CCC(=O)N2P(Oc2ccccc2)N1c1ccccc1. The lowest BCUT2D eigenvalue weighted by atomic mass is 10.2. The number of benzene rings is 2. The van der Waals surface area contributed by atoms with Gasteiger partial charge < -0.3 is 4.52 Å². The first-order valence-electron chi connectivity index (χ1n) is 7.50. The molecule has 2 saturated heterocycles. The van der Waals surface area contributed by atoms with Gasteiger partial charge in [-0.2, -0.15) is 0 Å². The van der Waals surface area contributed by atoms with Gasteiger partial charge in [0.25, 0.3) is 5.91 Å². The minimum Gasteiger partial charge on any atom is -0.436 e. The van der Waals surface area contributed by atoms with E-state index in [1.165, 1.54) is 0 Å². The highest BCUT2D eigenvalue weighted by molar-refractivity contribution is 7.55. The number of hydrogen-bond acceptors (Lipinski definition) is 3. The van der Waals surface area contributed by atoms with E-state index in [-0.39, 0.29) is 11.8 Å². The Morgan fingerprint density at radius 3 is 2.30 bits per heavy atom. The van der Waals surface area contributed by atoms with Crippen LogP contribution in [0.3, 0.4) is 0 Å². The second-order valence-corrected chi connectivity index (χ2v) is 6.95. The summed E-state index contributed by atoms with van der Waals surface area (Å²) in [5, 5.41) is 0. The van der Waals surface area contributed by atoms with Crippen molar-refractivity contribution < 1.29 is 14.1 Å². The Morgan fingerprint density at radius 1 is 0.957 bits per heavy atom. The molecule has 0 radical (unpaired) electrons. The third kappa shape index (κ3) is 2.37. The van der Waals surface area contributed by atoms with E-state index in [2.05, 4.69) is 0 Å². The first-order valence-corrected chi connectivity index (χ1v) is 8.66. The summed E-state index contributed by atoms with van der Waals surface area (Å²) in [7, 11) is -1.51. The maximum atomic E-state index is 12.8. The number of rotatable bonds is 3. The van der Waals surface area contributed by atoms with Crippen LogP contribution in [0.1, 0.15) is 12.8 Å². The molecule has 2 atom stereocenters. The first-order chi connectivity index (χ1) is 11.3. The van der Waals surface area contributed by atoms with Gasteiger partial charge in [0, 0.05) is 6.42 Å². The minimum atomic E-state index is -1.51. The molecule has 4 rings (SSSR count). The lowest BCUT2D eigenvalue weighted by molar-refractivity contribution is -0.127. The summed E-state index contributed by atoms with van der Waals surface area (Å²) in [5.74, 6) is 0.598. The highest BCUT2D eigenvalue weighted by Crippen LogP contribution is 2.57. The monoisotopic (exact) mass is 326 g/mol. The second-order valence-electron chi connectivity index (χ2n) is 5.44. The van der Waals surface area contributed by atoms with Crippen molar-refractivity contribution in [1.29, 1.82) is 0 Å². The zero-order valence-corrected chi connectivity index (χ0v) is 13.2. The van der Waals surface area contributed by atoms with Gasteiger partial charge in [-0.05, 0) is 30.7 Å². The first kappa shape index (κ1) is 14.2. The fraction of sp³-hybridized carbons (Fsp3) is 0.176. The van der Waals surface area contributed by atoms with Crippen LogP contribution < -0.4 is 9.19 Å². The Balaban J connectivity index is 1.73. The standard InChI is InChI=1S/C17H15N2O3P/c20-16-12-11-15-17(21)18(13-7-3-1-4-8-13)23(19(15)16)22-14-9-5-2-6-10-14/h1-10,15H,11-12H2/t15-,23?/m0/s1. The van der Waals surface area contributed by atoms with Crippen LogP contribution in [0.25, 0.3) is 0 Å². The van der Waals surface area contributed by atoms with Gasteiger partial charge in [0.15, 0.2) is 0 Å². The van der Waals surface area contributed by atoms with Crippen LogP contribution in [0.15, 0.2) is 60.7 Å². The lowest BCUT2D eigenvalue weighted by Crippen LogP contribution is -2.29. The summed E-state index contributed by atoms with van der Waals surface area (Å²) in [6.07, 6.45) is 0.980. The summed E-state index contributed by atoms with van der Waals surface area (Å²) >= 11 is 0. The number of carbonyl (C=O) groups is 2. The Kier molecular flexibility index (Phi) is 3.50. The molecule has 116 valence electrons. The quantitative estimate of drug-likeness (QED) is 0.813. The maximum Gasteiger partial charge on any atom is 0.320 e. The van der Waals surface area contributed by atoms with Crippen LogP contribution >= 0.6 is 8.45 Å². The number of anilines is 1. The molecule has 2 aliphatic heterocycles. The van der Waals surface area contributed by atoms with Crippen molar-refractivity contribution in [1.82, 2.24) is 4.67 Å². The average Bonchev–Trinajstić information content (AvgIpc) is 3.09. The van der Waals surface area contributed by atoms with Crippen LogP contribution in [-0.2, 0) is 9.59 Å². The van der Waals surface area contributed by atoms with Crippen molar-refractivity contribution in [2.24, 2.45) is 0 Å². The van der Waals surface area contributed by atoms with E-state index in [9.17, 15) is 9.59 Å². The fourth-order valence-electron chi connectivity index (χ4n) is 2.89. The number of fused-ring (bicyclic) bond motifs is 1. The third-order valence-electron chi connectivity index (χ3n) is 3.96. The zero-order valence-electron chi connectivity index (χ0n) is 12.3. The zero-order chi connectivity index (χ0) is 15.8. The Hall–Kier alpha value is -2.39. The van der Waals surface area contributed by atoms with Crippen molar-refractivity contribution in [3.8, 4) is 5.75 Å². The predicted molar refractivity (Wildman–Crippen MR) is 87.8 cm³/mol. The Labute approximate surface area is 135 Å². The molecule has 23 heavy (non-hydrogen) atoms. The summed E-state index contributed by atoms with van der Waals surface area (Å²) < 4.78 is 9.35. The average molecular weight is 326 g/mol. The van der Waals surface area contributed by atoms with Gasteiger partial charge >= 0.3 is 8.45 Å². The van der Waals surface area contributed by atoms with Crippen molar-refractivity contribution in [3.05, 3.63) is 60.7 Å². The molecule has 5 nitrogen and oxygen atoms in total. The van der Waals surface area contributed by atoms with Gasteiger partial charge in [0.1, 0.15) is 11.8 Å². The minimum absolute atomic E-state index is 0.0103. The highest BCUT2D eigenvalue weighted by Gasteiger charge is 2.55. The van der Waals surface area contributed by atoms with E-state index in [0.717, 1.165) is 5.69 Å². The number of carbonyl (C=O) groups excluding carboxylic acids is 2. The third-order valence-corrected chi connectivity index (χ3v) is 5.98. The Morgan fingerprint density at radius 2 is 1.61 bits per heavy atom. The Bertz CT molecular complexity index is 738. The van der Waals surface area contributed by atoms with E-state index >= 15 is 0 Å². The van der Waals surface area contributed by atoms with Gasteiger partial charge in [0.05, 0.1) is 5.69 Å². The van der Waals surface area contributed by atoms with Gasteiger partial charge in [-0.3, -0.25) is 14.3 Å².